The Bertz CT molecular complexity index is 1650. The lowest BCUT2D eigenvalue weighted by Gasteiger charge is -2.53. The zero-order chi connectivity index (χ0) is 30.0. The van der Waals surface area contributed by atoms with Crippen LogP contribution < -0.4 is 0 Å². The Labute approximate surface area is 247 Å². The molecule has 1 N–H and O–H groups in total. The maximum atomic E-state index is 14.1. The molecule has 0 amide bonds. The highest BCUT2D eigenvalue weighted by molar-refractivity contribution is 8.02. The molecule has 0 bridgehead atoms. The maximum Gasteiger partial charge on any atom is 0.339 e. The predicted molar refractivity (Wildman–Crippen MR) is 155 cm³/mol. The lowest BCUT2D eigenvalue weighted by Crippen LogP contribution is -2.56. The van der Waals surface area contributed by atoms with Gasteiger partial charge in [0.05, 0.1) is 17.6 Å². The quantitative estimate of drug-likeness (QED) is 0.278. The molecular weight excluding hydrogens is 556 g/mol. The van der Waals surface area contributed by atoms with Crippen molar-refractivity contribution < 1.29 is 38.5 Å². The van der Waals surface area contributed by atoms with Gasteiger partial charge in [0.15, 0.2) is 5.76 Å². The molecule has 1 saturated heterocycles. The molecule has 4 aliphatic rings. The Morgan fingerprint density at radius 1 is 1.14 bits per heavy atom. The predicted octanol–water partition coefficient (Wildman–Crippen LogP) is 5.41. The number of Topliss-reactive ketones (excluding diaryl/α,β-unsaturated/α-hetero) is 2. The first kappa shape index (κ1) is 28.4. The molecule has 1 saturated carbocycles. The minimum absolute atomic E-state index is 0.000644. The topological polar surface area (TPSA) is 116 Å². The van der Waals surface area contributed by atoms with Crippen molar-refractivity contribution in [1.29, 1.82) is 0 Å². The standard InChI is InChI=1S/C33H32O8S/c1-17(34)40-23-14-32(2)22(11-12-24(32)35)26-28(23)33(3)25(15-39-4)41-31(38)21(27(33)30(37)29(26)36)16-42-20-10-9-18-7-5-6-8-19(18)13-20/h5-10,13,16,22-23,25,37H,11-12,14-15H2,1-4H3/b21-16-/t22-,23+,25+,32-,33-/m0/s1. The number of ether oxygens (including phenoxy) is 3. The number of benzene rings is 2. The zero-order valence-corrected chi connectivity index (χ0v) is 24.7. The first-order valence-electron chi connectivity index (χ1n) is 14.0. The lowest BCUT2D eigenvalue weighted by atomic mass is 9.53. The summed E-state index contributed by atoms with van der Waals surface area (Å²) in [7, 11) is 1.47. The number of esters is 2. The third-order valence-electron chi connectivity index (χ3n) is 9.45. The molecule has 3 aliphatic carbocycles. The van der Waals surface area contributed by atoms with Crippen molar-refractivity contribution in [3.05, 3.63) is 75.9 Å². The van der Waals surface area contributed by atoms with E-state index in [1.165, 1.54) is 25.8 Å². The van der Waals surface area contributed by atoms with Gasteiger partial charge in [-0.25, -0.2) is 4.79 Å². The fourth-order valence-electron chi connectivity index (χ4n) is 7.44. The van der Waals surface area contributed by atoms with Crippen molar-refractivity contribution in [3.8, 4) is 0 Å². The highest BCUT2D eigenvalue weighted by atomic mass is 32.2. The molecule has 42 heavy (non-hydrogen) atoms. The summed E-state index contributed by atoms with van der Waals surface area (Å²) >= 11 is 1.28. The summed E-state index contributed by atoms with van der Waals surface area (Å²) in [4.78, 5) is 53.9. The number of carbonyl (C=O) groups is 4. The van der Waals surface area contributed by atoms with E-state index in [-0.39, 0.29) is 42.0 Å². The average Bonchev–Trinajstić information content (AvgIpc) is 3.25. The summed E-state index contributed by atoms with van der Waals surface area (Å²) < 4.78 is 17.3. The Morgan fingerprint density at radius 3 is 2.60 bits per heavy atom. The molecule has 1 aliphatic heterocycles. The second-order valence-corrected chi connectivity index (χ2v) is 12.8. The van der Waals surface area contributed by atoms with Gasteiger partial charge < -0.3 is 19.3 Å². The zero-order valence-electron chi connectivity index (χ0n) is 23.9. The summed E-state index contributed by atoms with van der Waals surface area (Å²) in [5, 5.41) is 15.3. The molecular formula is C33H32O8S. The highest BCUT2D eigenvalue weighted by Crippen LogP contribution is 2.62. The number of ketones is 2. The monoisotopic (exact) mass is 588 g/mol. The fraction of sp³-hybridized carbons (Fsp3) is 0.394. The molecule has 0 unspecified atom stereocenters. The fourth-order valence-corrected chi connectivity index (χ4v) is 8.25. The van der Waals surface area contributed by atoms with Crippen LogP contribution in [0, 0.1) is 16.7 Å². The molecule has 9 heteroatoms. The van der Waals surface area contributed by atoms with Crippen LogP contribution in [-0.4, -0.2) is 54.5 Å². The summed E-state index contributed by atoms with van der Waals surface area (Å²) in [6, 6.07) is 13.8. The van der Waals surface area contributed by atoms with E-state index in [2.05, 4.69) is 0 Å². The normalized spacial score (nSPS) is 31.7. The summed E-state index contributed by atoms with van der Waals surface area (Å²) in [6.45, 7) is 4.85. The molecule has 218 valence electrons. The molecule has 1 heterocycles. The average molecular weight is 589 g/mol. The van der Waals surface area contributed by atoms with E-state index in [4.69, 9.17) is 14.2 Å². The number of methoxy groups -OCH3 is 1. The number of hydrogen-bond donors (Lipinski definition) is 1. The van der Waals surface area contributed by atoms with E-state index in [0.29, 0.717) is 12.0 Å². The van der Waals surface area contributed by atoms with Gasteiger partial charge in [0.2, 0.25) is 5.78 Å². The van der Waals surface area contributed by atoms with Crippen LogP contribution in [0.2, 0.25) is 0 Å². The molecule has 0 aromatic heterocycles. The third kappa shape index (κ3) is 4.16. The summed E-state index contributed by atoms with van der Waals surface area (Å²) in [6.07, 6.45) is -0.919. The van der Waals surface area contributed by atoms with Crippen LogP contribution >= 0.6 is 11.8 Å². The molecule has 8 nitrogen and oxygen atoms in total. The number of fused-ring (bicyclic) bond motifs is 5. The van der Waals surface area contributed by atoms with Gasteiger partial charge in [0.25, 0.3) is 0 Å². The van der Waals surface area contributed by atoms with Crippen LogP contribution in [0.15, 0.2) is 80.8 Å². The highest BCUT2D eigenvalue weighted by Gasteiger charge is 2.64. The van der Waals surface area contributed by atoms with Crippen LogP contribution in [0.4, 0.5) is 0 Å². The Morgan fingerprint density at radius 2 is 1.88 bits per heavy atom. The molecule has 6 rings (SSSR count). The van der Waals surface area contributed by atoms with E-state index in [1.807, 2.05) is 42.5 Å². The Kier molecular flexibility index (Phi) is 6.93. The van der Waals surface area contributed by atoms with Crippen molar-refractivity contribution in [2.75, 3.05) is 13.7 Å². The molecule has 2 aromatic rings. The van der Waals surface area contributed by atoms with Gasteiger partial charge in [0.1, 0.15) is 18.0 Å². The minimum atomic E-state index is -1.26. The maximum absolute atomic E-state index is 14.1. The second kappa shape index (κ2) is 10.2. The van der Waals surface area contributed by atoms with Crippen molar-refractivity contribution in [3.63, 3.8) is 0 Å². The number of aliphatic hydroxyl groups excluding tert-OH is 1. The number of rotatable bonds is 5. The van der Waals surface area contributed by atoms with E-state index in [1.54, 1.807) is 19.3 Å². The van der Waals surface area contributed by atoms with Gasteiger partial charge in [-0.1, -0.05) is 49.0 Å². The van der Waals surface area contributed by atoms with Gasteiger partial charge >= 0.3 is 11.9 Å². The Hall–Kier alpha value is -3.69. The van der Waals surface area contributed by atoms with Crippen molar-refractivity contribution in [2.24, 2.45) is 16.7 Å². The molecule has 2 aromatic carbocycles. The smallest absolute Gasteiger partial charge is 0.339 e. The van der Waals surface area contributed by atoms with Crippen LogP contribution in [-0.2, 0) is 33.4 Å². The van der Waals surface area contributed by atoms with E-state index in [9.17, 15) is 24.3 Å². The van der Waals surface area contributed by atoms with Crippen molar-refractivity contribution in [1.82, 2.24) is 0 Å². The third-order valence-corrected chi connectivity index (χ3v) is 10.3. The van der Waals surface area contributed by atoms with Gasteiger partial charge in [-0.15, -0.1) is 0 Å². The Balaban J connectivity index is 1.52. The van der Waals surface area contributed by atoms with E-state index < -0.39 is 52.4 Å². The van der Waals surface area contributed by atoms with Crippen molar-refractivity contribution in [2.45, 2.75) is 57.1 Å². The van der Waals surface area contributed by atoms with E-state index >= 15 is 0 Å². The minimum Gasteiger partial charge on any atom is -0.504 e. The molecule has 0 radical (unpaired) electrons. The largest absolute Gasteiger partial charge is 0.504 e. The van der Waals surface area contributed by atoms with Crippen LogP contribution in [0.1, 0.15) is 40.0 Å². The number of thioether (sulfide) groups is 1. The number of carbonyl (C=O) groups excluding carboxylic acids is 4. The molecule has 2 fully saturated rings. The van der Waals surface area contributed by atoms with E-state index in [0.717, 1.165) is 15.7 Å². The van der Waals surface area contributed by atoms with Gasteiger partial charge in [-0.2, -0.15) is 0 Å². The number of aliphatic hydroxyl groups is 1. The number of hydrogen-bond acceptors (Lipinski definition) is 9. The van der Waals surface area contributed by atoms with Crippen LogP contribution in [0.25, 0.3) is 10.8 Å². The first-order valence-corrected chi connectivity index (χ1v) is 14.9. The second-order valence-electron chi connectivity index (χ2n) is 11.8. The van der Waals surface area contributed by atoms with Gasteiger partial charge in [-0.3, -0.25) is 14.4 Å². The summed E-state index contributed by atoms with van der Waals surface area (Å²) in [5.74, 6) is -2.91. The van der Waals surface area contributed by atoms with Crippen molar-refractivity contribution >= 4 is 46.0 Å². The first-order chi connectivity index (χ1) is 20.0. The molecule has 5 atom stereocenters. The number of cyclic esters (lactones) is 1. The lowest BCUT2D eigenvalue weighted by molar-refractivity contribution is -0.160. The number of allylic oxidation sites excluding steroid dienone is 1. The summed E-state index contributed by atoms with van der Waals surface area (Å²) in [5.41, 5.74) is -1.25. The SMILES string of the molecule is COC[C@H]1OC(=O)/C(=C\Sc2ccc3ccccc3c2)C2=C(O)C(=O)C3=C([C@H](OC(C)=O)C[C@]4(C)C(=O)CC[C@@H]34)[C@]21C. The van der Waals surface area contributed by atoms with Gasteiger partial charge in [0, 0.05) is 54.2 Å². The van der Waals surface area contributed by atoms with Crippen LogP contribution in [0.3, 0.4) is 0 Å². The molecule has 0 spiro atoms. The van der Waals surface area contributed by atoms with Crippen LogP contribution in [0.5, 0.6) is 0 Å². The van der Waals surface area contributed by atoms with Gasteiger partial charge in [-0.05, 0) is 47.2 Å².